The second-order valence-corrected chi connectivity index (χ2v) is 19.9. The van der Waals surface area contributed by atoms with Crippen molar-refractivity contribution in [1.82, 2.24) is 0 Å². The van der Waals surface area contributed by atoms with Gasteiger partial charge in [0, 0.05) is 27.5 Å². The number of nitrogens with zero attached hydrogens (tertiary/aromatic N) is 2. The molecule has 0 unspecified atom stereocenters. The summed E-state index contributed by atoms with van der Waals surface area (Å²) < 4.78 is 0. The molecule has 0 spiro atoms. The summed E-state index contributed by atoms with van der Waals surface area (Å²) >= 11 is 0. The van der Waals surface area contributed by atoms with Gasteiger partial charge in [-0.2, -0.15) is 0 Å². The van der Waals surface area contributed by atoms with Crippen molar-refractivity contribution in [2.24, 2.45) is 0 Å². The summed E-state index contributed by atoms with van der Waals surface area (Å²) in [6.45, 7) is 20.8. The molecule has 2 nitrogen and oxygen atoms in total. The number of hydrogen-bond acceptors (Lipinski definition) is 2. The number of aryl methyl sites for hydroxylation is 2. The number of rotatable bonds is 10. The zero-order valence-corrected chi connectivity index (χ0v) is 39.9. The van der Waals surface area contributed by atoms with E-state index in [-0.39, 0.29) is 17.3 Å². The lowest BCUT2D eigenvalue weighted by Gasteiger charge is -2.35. The number of hydrogen-bond donors (Lipinski definition) is 0. The molecule has 0 aromatic heterocycles. The van der Waals surface area contributed by atoms with E-state index < -0.39 is 0 Å². The minimum absolute atomic E-state index is 0.00191. The van der Waals surface area contributed by atoms with E-state index >= 15 is 0 Å². The summed E-state index contributed by atoms with van der Waals surface area (Å²) in [5, 5.41) is 7.58. The van der Waals surface area contributed by atoms with Gasteiger partial charge in [0.25, 0.3) is 0 Å². The molecule has 0 radical (unpaired) electrons. The summed E-state index contributed by atoms with van der Waals surface area (Å²) in [6.07, 6.45) is 0. The molecule has 0 aliphatic rings. The van der Waals surface area contributed by atoms with Gasteiger partial charge in [0.15, 0.2) is 0 Å². The van der Waals surface area contributed by atoms with Gasteiger partial charge < -0.3 is 9.80 Å². The predicted molar refractivity (Wildman–Crippen MR) is 287 cm³/mol. The lowest BCUT2D eigenvalue weighted by Crippen LogP contribution is -2.18. The summed E-state index contributed by atoms with van der Waals surface area (Å²) in [7, 11) is 0. The zero-order valence-electron chi connectivity index (χ0n) is 39.9. The molecule has 0 aliphatic heterocycles. The van der Waals surface area contributed by atoms with Crippen molar-refractivity contribution in [2.45, 2.75) is 79.6 Å². The molecule has 0 saturated heterocycles. The van der Waals surface area contributed by atoms with Gasteiger partial charge in [-0.25, -0.2) is 0 Å². The molecule has 10 rings (SSSR count). The topological polar surface area (TPSA) is 6.48 Å². The third kappa shape index (κ3) is 7.59. The van der Waals surface area contributed by atoms with Crippen LogP contribution in [0.1, 0.15) is 88.1 Å². The molecule has 10 aromatic carbocycles. The molecule has 66 heavy (non-hydrogen) atoms. The molecule has 0 saturated carbocycles. The lowest BCUT2D eigenvalue weighted by atomic mass is 9.83. The summed E-state index contributed by atoms with van der Waals surface area (Å²) in [4.78, 5) is 5.18. The van der Waals surface area contributed by atoms with Crippen LogP contribution in [0.2, 0.25) is 0 Å². The van der Waals surface area contributed by atoms with Crippen molar-refractivity contribution < 1.29 is 0 Å². The van der Waals surface area contributed by atoms with Crippen LogP contribution >= 0.6 is 0 Å². The van der Waals surface area contributed by atoms with E-state index in [9.17, 15) is 0 Å². The second kappa shape index (κ2) is 17.0. The van der Waals surface area contributed by atoms with Crippen LogP contribution in [0.3, 0.4) is 0 Å². The molecule has 0 bridgehead atoms. The molecule has 326 valence electrons. The first-order valence-corrected chi connectivity index (χ1v) is 23.7. The van der Waals surface area contributed by atoms with Crippen LogP contribution in [0.4, 0.5) is 34.1 Å². The Balaban J connectivity index is 1.39. The van der Waals surface area contributed by atoms with Crippen LogP contribution < -0.4 is 9.80 Å². The SMILES string of the molecule is Cc1ccccc1N(c1cc(-c2ccccc2)ccc1C(C)C)c1cc(N(c2ccccc2C)c2cc(-c3ccccc3)ccc2C(C)C)c2ccc3cc(C(C)(C)C)cc4ccc1c2c43. The summed E-state index contributed by atoms with van der Waals surface area (Å²) in [6, 6.07) is 70.7. The molecular formula is C64H60N2. The molecule has 2 heteroatoms. The fraction of sp³-hybridized carbons (Fsp3) is 0.188. The fourth-order valence-corrected chi connectivity index (χ4v) is 10.2. The zero-order chi connectivity index (χ0) is 45.9. The van der Waals surface area contributed by atoms with Crippen molar-refractivity contribution in [3.05, 3.63) is 216 Å². The highest BCUT2D eigenvalue weighted by Crippen LogP contribution is 2.53. The van der Waals surface area contributed by atoms with Gasteiger partial charge in [-0.1, -0.05) is 206 Å². The highest BCUT2D eigenvalue weighted by Gasteiger charge is 2.29. The van der Waals surface area contributed by atoms with Gasteiger partial charge >= 0.3 is 0 Å². The Kier molecular flexibility index (Phi) is 11.0. The van der Waals surface area contributed by atoms with Crippen LogP contribution in [-0.2, 0) is 5.41 Å². The van der Waals surface area contributed by atoms with E-state index in [1.807, 2.05) is 0 Å². The van der Waals surface area contributed by atoms with E-state index in [2.05, 4.69) is 260 Å². The fourth-order valence-electron chi connectivity index (χ4n) is 10.2. The van der Waals surface area contributed by atoms with Gasteiger partial charge in [-0.3, -0.25) is 0 Å². The Morgan fingerprint density at radius 2 is 0.758 bits per heavy atom. The maximum atomic E-state index is 2.59. The average Bonchev–Trinajstić information content (AvgIpc) is 3.32. The Morgan fingerprint density at radius 1 is 0.348 bits per heavy atom. The summed E-state index contributed by atoms with van der Waals surface area (Å²) in [5.41, 5.74) is 18.2. The Bertz CT molecular complexity index is 3160. The minimum atomic E-state index is -0.00191. The smallest absolute Gasteiger partial charge is 0.0561 e. The maximum Gasteiger partial charge on any atom is 0.0561 e. The number of benzene rings is 10. The molecular weight excluding hydrogens is 797 g/mol. The first-order chi connectivity index (χ1) is 31.9. The van der Waals surface area contributed by atoms with Crippen molar-refractivity contribution in [3.8, 4) is 22.3 Å². The highest BCUT2D eigenvalue weighted by molar-refractivity contribution is 6.29. The lowest BCUT2D eigenvalue weighted by molar-refractivity contribution is 0.591. The molecule has 0 amide bonds. The first kappa shape index (κ1) is 42.8. The second-order valence-electron chi connectivity index (χ2n) is 19.9. The van der Waals surface area contributed by atoms with E-state index in [0.29, 0.717) is 0 Å². The van der Waals surface area contributed by atoms with Crippen molar-refractivity contribution in [1.29, 1.82) is 0 Å². The molecule has 0 atom stereocenters. The van der Waals surface area contributed by atoms with Gasteiger partial charge in [-0.15, -0.1) is 0 Å². The summed E-state index contributed by atoms with van der Waals surface area (Å²) in [5.74, 6) is 0.536. The Morgan fingerprint density at radius 3 is 1.15 bits per heavy atom. The monoisotopic (exact) mass is 856 g/mol. The van der Waals surface area contributed by atoms with Gasteiger partial charge in [0.2, 0.25) is 0 Å². The van der Waals surface area contributed by atoms with Gasteiger partial charge in [0.1, 0.15) is 0 Å². The van der Waals surface area contributed by atoms with Crippen LogP contribution in [0.25, 0.3) is 54.6 Å². The molecule has 0 N–H and O–H groups in total. The quantitative estimate of drug-likeness (QED) is 0.126. The van der Waals surface area contributed by atoms with E-state index in [0.717, 1.165) is 22.7 Å². The van der Waals surface area contributed by atoms with Crippen molar-refractivity contribution >= 4 is 66.4 Å². The van der Waals surface area contributed by atoms with Crippen molar-refractivity contribution in [3.63, 3.8) is 0 Å². The van der Waals surface area contributed by atoms with Crippen molar-refractivity contribution in [2.75, 3.05) is 9.80 Å². The Hall–Kier alpha value is -7.16. The minimum Gasteiger partial charge on any atom is -0.309 e. The standard InChI is InChI=1S/C64H60N2/c1-41(2)52-32-28-47(45-22-12-10-13-23-45)38-58(52)65(56-26-18-16-20-43(56)5)60-40-61(55-35-31-50-37-51(64(7,8)9)36-49-30-34-54(60)63(55)62(49)50)66(57-27-19-17-21-44(57)6)59-39-48(29-33-53(59)42(3)4)46-24-14-11-15-25-46/h10-42H,1-9H3. The van der Waals surface area contributed by atoms with Crippen LogP contribution in [-0.4, -0.2) is 0 Å². The maximum absolute atomic E-state index is 2.59. The van der Waals surface area contributed by atoms with Gasteiger partial charge in [-0.05, 0) is 128 Å². The van der Waals surface area contributed by atoms with Crippen LogP contribution in [0, 0.1) is 13.8 Å². The molecule has 0 heterocycles. The molecule has 0 aliphatic carbocycles. The third-order valence-electron chi connectivity index (χ3n) is 13.7. The average molecular weight is 857 g/mol. The van der Waals surface area contributed by atoms with E-state index in [1.165, 1.54) is 93.8 Å². The normalized spacial score (nSPS) is 12.0. The highest BCUT2D eigenvalue weighted by atomic mass is 15.2. The largest absolute Gasteiger partial charge is 0.309 e. The Labute approximate surface area is 392 Å². The van der Waals surface area contributed by atoms with E-state index in [1.54, 1.807) is 0 Å². The molecule has 0 fully saturated rings. The predicted octanol–water partition coefficient (Wildman–Crippen LogP) is 19.0. The first-order valence-electron chi connectivity index (χ1n) is 23.7. The van der Waals surface area contributed by atoms with E-state index in [4.69, 9.17) is 0 Å². The molecule has 10 aromatic rings. The van der Waals surface area contributed by atoms with Crippen LogP contribution in [0.15, 0.2) is 188 Å². The van der Waals surface area contributed by atoms with Gasteiger partial charge in [0.05, 0.1) is 22.7 Å². The number of anilines is 6. The van der Waals surface area contributed by atoms with Crippen LogP contribution in [0.5, 0.6) is 0 Å². The third-order valence-corrected chi connectivity index (χ3v) is 13.7. The number of para-hydroxylation sites is 2.